The first-order valence-electron chi connectivity index (χ1n) is 6.33. The van der Waals surface area contributed by atoms with E-state index in [0.29, 0.717) is 16.9 Å². The number of hydrogen-bond acceptors (Lipinski definition) is 2. The molecule has 0 aliphatic heterocycles. The van der Waals surface area contributed by atoms with Gasteiger partial charge in [-0.05, 0) is 65.5 Å². The van der Waals surface area contributed by atoms with Gasteiger partial charge in [0, 0.05) is 10.0 Å². The highest BCUT2D eigenvalue weighted by molar-refractivity contribution is 9.10. The predicted molar refractivity (Wildman–Crippen MR) is 87.2 cm³/mol. The minimum absolute atomic E-state index is 0.142. The third kappa shape index (κ3) is 2.85. The zero-order valence-electron chi connectivity index (χ0n) is 11.8. The minimum Gasteiger partial charge on any atom is -0.397 e. The molecule has 0 aliphatic carbocycles. The van der Waals surface area contributed by atoms with Gasteiger partial charge in [-0.25, -0.2) is 0 Å². The Bertz CT molecular complexity index is 637. The van der Waals surface area contributed by atoms with E-state index in [9.17, 15) is 4.79 Å². The molecule has 0 aliphatic rings. The number of rotatable bonds is 2. The lowest BCUT2D eigenvalue weighted by Crippen LogP contribution is -2.16. The van der Waals surface area contributed by atoms with Crippen LogP contribution in [-0.2, 0) is 0 Å². The van der Waals surface area contributed by atoms with Gasteiger partial charge < -0.3 is 11.1 Å². The molecule has 0 fully saturated rings. The van der Waals surface area contributed by atoms with Crippen molar-refractivity contribution < 1.29 is 4.79 Å². The summed E-state index contributed by atoms with van der Waals surface area (Å²) in [7, 11) is 0. The van der Waals surface area contributed by atoms with Crippen molar-refractivity contribution in [3.8, 4) is 0 Å². The van der Waals surface area contributed by atoms with Crippen molar-refractivity contribution in [1.82, 2.24) is 0 Å². The molecule has 4 heteroatoms. The number of nitrogens with two attached hydrogens (primary N) is 1. The Kier molecular flexibility index (Phi) is 4.14. The lowest BCUT2D eigenvalue weighted by atomic mass is 10.0. The maximum absolute atomic E-state index is 12.5. The van der Waals surface area contributed by atoms with E-state index in [4.69, 9.17) is 5.73 Å². The van der Waals surface area contributed by atoms with Gasteiger partial charge in [-0.15, -0.1) is 0 Å². The first kappa shape index (κ1) is 14.6. The standard InChI is InChI=1S/C16H17BrN2O/c1-9-7-12(17)15(13(18)8-9)19-16(20)14-10(2)5-4-6-11(14)3/h4-8H,18H2,1-3H3,(H,19,20). The second-order valence-corrected chi connectivity index (χ2v) is 5.79. The van der Waals surface area contributed by atoms with Gasteiger partial charge in [0.05, 0.1) is 11.4 Å². The molecule has 1 amide bonds. The highest BCUT2D eigenvalue weighted by Crippen LogP contribution is 2.31. The van der Waals surface area contributed by atoms with E-state index in [2.05, 4.69) is 21.2 Å². The second kappa shape index (κ2) is 5.67. The van der Waals surface area contributed by atoms with Gasteiger partial charge in [0.1, 0.15) is 0 Å². The van der Waals surface area contributed by atoms with Gasteiger partial charge >= 0.3 is 0 Å². The molecule has 0 bridgehead atoms. The van der Waals surface area contributed by atoms with Crippen molar-refractivity contribution in [3.63, 3.8) is 0 Å². The number of carbonyl (C=O) groups is 1. The number of carbonyl (C=O) groups excluding carboxylic acids is 1. The maximum Gasteiger partial charge on any atom is 0.256 e. The fraction of sp³-hybridized carbons (Fsp3) is 0.188. The number of nitrogen functional groups attached to an aromatic ring is 1. The number of benzene rings is 2. The molecule has 0 unspecified atom stereocenters. The van der Waals surface area contributed by atoms with Gasteiger partial charge in [-0.3, -0.25) is 4.79 Å². The van der Waals surface area contributed by atoms with Crippen molar-refractivity contribution in [2.45, 2.75) is 20.8 Å². The van der Waals surface area contributed by atoms with Crippen molar-refractivity contribution in [2.75, 3.05) is 11.1 Å². The number of anilines is 2. The highest BCUT2D eigenvalue weighted by atomic mass is 79.9. The van der Waals surface area contributed by atoms with Crippen molar-refractivity contribution in [1.29, 1.82) is 0 Å². The zero-order valence-corrected chi connectivity index (χ0v) is 13.3. The first-order valence-corrected chi connectivity index (χ1v) is 7.12. The van der Waals surface area contributed by atoms with E-state index < -0.39 is 0 Å². The lowest BCUT2D eigenvalue weighted by molar-refractivity contribution is 0.102. The van der Waals surface area contributed by atoms with E-state index in [1.807, 2.05) is 51.1 Å². The van der Waals surface area contributed by atoms with Crippen LogP contribution in [0.3, 0.4) is 0 Å². The van der Waals surface area contributed by atoms with E-state index in [1.54, 1.807) is 0 Å². The summed E-state index contributed by atoms with van der Waals surface area (Å²) in [6, 6.07) is 9.56. The van der Waals surface area contributed by atoms with E-state index >= 15 is 0 Å². The summed E-state index contributed by atoms with van der Waals surface area (Å²) in [6.45, 7) is 5.81. The van der Waals surface area contributed by atoms with E-state index in [0.717, 1.165) is 21.2 Å². The molecule has 0 saturated heterocycles. The van der Waals surface area contributed by atoms with Crippen LogP contribution in [0.5, 0.6) is 0 Å². The SMILES string of the molecule is Cc1cc(N)c(NC(=O)c2c(C)cccc2C)c(Br)c1. The molecule has 2 rings (SSSR count). The second-order valence-electron chi connectivity index (χ2n) is 4.93. The van der Waals surface area contributed by atoms with Gasteiger partial charge in [-0.1, -0.05) is 18.2 Å². The summed E-state index contributed by atoms with van der Waals surface area (Å²) in [4.78, 5) is 12.5. The largest absolute Gasteiger partial charge is 0.397 e. The van der Waals surface area contributed by atoms with Crippen molar-refractivity contribution >= 4 is 33.2 Å². The molecule has 104 valence electrons. The number of hydrogen-bond donors (Lipinski definition) is 2. The summed E-state index contributed by atoms with van der Waals surface area (Å²) >= 11 is 3.44. The fourth-order valence-electron chi connectivity index (χ4n) is 2.25. The molecule has 3 nitrogen and oxygen atoms in total. The molecule has 0 spiro atoms. The smallest absolute Gasteiger partial charge is 0.256 e. The zero-order chi connectivity index (χ0) is 14.9. The van der Waals surface area contributed by atoms with Gasteiger partial charge in [-0.2, -0.15) is 0 Å². The number of halogens is 1. The van der Waals surface area contributed by atoms with Crippen LogP contribution in [0, 0.1) is 20.8 Å². The van der Waals surface area contributed by atoms with E-state index in [-0.39, 0.29) is 5.91 Å². The Hall–Kier alpha value is -1.81. The molecule has 0 radical (unpaired) electrons. The minimum atomic E-state index is -0.142. The number of aryl methyl sites for hydroxylation is 3. The summed E-state index contributed by atoms with van der Waals surface area (Å²) < 4.78 is 0.787. The average molecular weight is 333 g/mol. The summed E-state index contributed by atoms with van der Waals surface area (Å²) in [6.07, 6.45) is 0. The lowest BCUT2D eigenvalue weighted by Gasteiger charge is -2.14. The monoisotopic (exact) mass is 332 g/mol. The molecule has 0 aromatic heterocycles. The van der Waals surface area contributed by atoms with Crippen LogP contribution >= 0.6 is 15.9 Å². The predicted octanol–water partition coefficient (Wildman–Crippen LogP) is 4.21. The van der Waals surface area contributed by atoms with Gasteiger partial charge in [0.15, 0.2) is 0 Å². The van der Waals surface area contributed by atoms with Crippen LogP contribution in [0.25, 0.3) is 0 Å². The molecule has 2 aromatic rings. The summed E-state index contributed by atoms with van der Waals surface area (Å²) in [5.41, 5.74) is 10.8. The fourth-order valence-corrected chi connectivity index (χ4v) is 2.94. The molecule has 3 N–H and O–H groups in total. The molecule has 0 atom stereocenters. The van der Waals surface area contributed by atoms with Crippen LogP contribution in [0.2, 0.25) is 0 Å². The highest BCUT2D eigenvalue weighted by Gasteiger charge is 2.15. The molecular formula is C16H17BrN2O. The van der Waals surface area contributed by atoms with Crippen LogP contribution in [0.15, 0.2) is 34.8 Å². The molecule has 0 heterocycles. The average Bonchev–Trinajstić information content (AvgIpc) is 2.33. The van der Waals surface area contributed by atoms with E-state index in [1.165, 1.54) is 0 Å². The van der Waals surface area contributed by atoms with Gasteiger partial charge in [0.25, 0.3) is 5.91 Å². The number of nitrogens with one attached hydrogen (secondary N) is 1. The molecular weight excluding hydrogens is 316 g/mol. The first-order chi connectivity index (χ1) is 9.40. The van der Waals surface area contributed by atoms with Crippen molar-refractivity contribution in [2.24, 2.45) is 0 Å². The quantitative estimate of drug-likeness (QED) is 0.809. The van der Waals surface area contributed by atoms with Gasteiger partial charge in [0.2, 0.25) is 0 Å². The van der Waals surface area contributed by atoms with Crippen molar-refractivity contribution in [3.05, 3.63) is 57.1 Å². The third-order valence-electron chi connectivity index (χ3n) is 3.21. The Balaban J connectivity index is 2.38. The molecule has 20 heavy (non-hydrogen) atoms. The number of amides is 1. The third-order valence-corrected chi connectivity index (χ3v) is 3.84. The molecule has 2 aromatic carbocycles. The van der Waals surface area contributed by atoms with Crippen LogP contribution < -0.4 is 11.1 Å². The maximum atomic E-state index is 12.5. The van der Waals surface area contributed by atoms with Crippen LogP contribution in [0.4, 0.5) is 11.4 Å². The summed E-state index contributed by atoms with van der Waals surface area (Å²) in [5, 5.41) is 2.89. The Morgan fingerprint density at radius 1 is 1.15 bits per heavy atom. The molecule has 0 saturated carbocycles. The summed E-state index contributed by atoms with van der Waals surface area (Å²) in [5.74, 6) is -0.142. The van der Waals surface area contributed by atoms with Crippen LogP contribution in [-0.4, -0.2) is 5.91 Å². The Labute approximate surface area is 127 Å². The normalized spacial score (nSPS) is 10.4. The Morgan fingerprint density at radius 2 is 1.75 bits per heavy atom. The van der Waals surface area contributed by atoms with Crippen LogP contribution in [0.1, 0.15) is 27.0 Å². The Morgan fingerprint density at radius 3 is 2.30 bits per heavy atom. The topological polar surface area (TPSA) is 55.1 Å².